The first-order valence-corrected chi connectivity index (χ1v) is 8.55. The Kier molecular flexibility index (Phi) is 7.37. The number of hydrogen-bond donors (Lipinski definition) is 3. The summed E-state index contributed by atoms with van der Waals surface area (Å²) in [5.74, 6) is 0.935. The maximum atomic E-state index is 11.7. The minimum atomic E-state index is 0.222. The van der Waals surface area contributed by atoms with Gasteiger partial charge in [0.15, 0.2) is 0 Å². The Bertz CT molecular complexity index is 269. The quantitative estimate of drug-likeness (QED) is 0.493. The van der Waals surface area contributed by atoms with E-state index in [1.807, 2.05) is 0 Å². The molecule has 1 amide bonds. The summed E-state index contributed by atoms with van der Waals surface area (Å²) in [5.41, 5.74) is 0. The highest BCUT2D eigenvalue weighted by Crippen LogP contribution is 2.17. The molecule has 4 nitrogen and oxygen atoms in total. The molecule has 1 aliphatic heterocycles. The summed E-state index contributed by atoms with van der Waals surface area (Å²) in [6.07, 6.45) is 11.1. The molecule has 0 aromatic carbocycles. The summed E-state index contributed by atoms with van der Waals surface area (Å²) in [5, 5.41) is 9.98. The van der Waals surface area contributed by atoms with Crippen LogP contribution in [0.2, 0.25) is 0 Å². The van der Waals surface area contributed by atoms with Crippen LogP contribution in [0.5, 0.6) is 0 Å². The van der Waals surface area contributed by atoms with Crippen molar-refractivity contribution >= 4 is 5.91 Å². The standard InChI is InChI=1S/C16H31N3O/c20-16(8-7-14-9-10-17-13-14)19-12-11-18-15-5-3-1-2-4-6-15/h14-15,17-18H,1-13H2,(H,19,20). The molecule has 0 radical (unpaired) electrons. The van der Waals surface area contributed by atoms with E-state index in [-0.39, 0.29) is 5.91 Å². The van der Waals surface area contributed by atoms with E-state index in [1.54, 1.807) is 0 Å². The lowest BCUT2D eigenvalue weighted by Gasteiger charge is -2.16. The second-order valence-electron chi connectivity index (χ2n) is 6.39. The Labute approximate surface area is 123 Å². The molecule has 1 saturated carbocycles. The molecule has 1 aliphatic carbocycles. The zero-order valence-corrected chi connectivity index (χ0v) is 12.8. The Morgan fingerprint density at radius 1 is 1.05 bits per heavy atom. The fourth-order valence-corrected chi connectivity index (χ4v) is 3.35. The van der Waals surface area contributed by atoms with Crippen LogP contribution >= 0.6 is 0 Å². The first-order valence-electron chi connectivity index (χ1n) is 8.55. The Morgan fingerprint density at radius 2 is 1.85 bits per heavy atom. The minimum absolute atomic E-state index is 0.222. The average molecular weight is 281 g/mol. The predicted molar refractivity (Wildman–Crippen MR) is 82.7 cm³/mol. The lowest BCUT2D eigenvalue weighted by molar-refractivity contribution is -0.121. The lowest BCUT2D eigenvalue weighted by Crippen LogP contribution is -2.36. The van der Waals surface area contributed by atoms with E-state index in [0.29, 0.717) is 18.4 Å². The zero-order chi connectivity index (χ0) is 14.0. The topological polar surface area (TPSA) is 53.2 Å². The van der Waals surface area contributed by atoms with Crippen molar-refractivity contribution < 1.29 is 4.79 Å². The molecule has 2 fully saturated rings. The van der Waals surface area contributed by atoms with Crippen LogP contribution in [0.3, 0.4) is 0 Å². The van der Waals surface area contributed by atoms with Crippen molar-refractivity contribution in [3.8, 4) is 0 Å². The van der Waals surface area contributed by atoms with E-state index in [0.717, 1.165) is 32.6 Å². The van der Waals surface area contributed by atoms with Gasteiger partial charge in [0, 0.05) is 25.6 Å². The first kappa shape index (κ1) is 15.8. The van der Waals surface area contributed by atoms with E-state index in [2.05, 4.69) is 16.0 Å². The number of rotatable bonds is 7. The first-order chi connectivity index (χ1) is 9.84. The van der Waals surface area contributed by atoms with Crippen LogP contribution in [0.4, 0.5) is 0 Å². The SMILES string of the molecule is O=C(CCC1CCNC1)NCCNC1CCCCCC1. The summed E-state index contributed by atoms with van der Waals surface area (Å²) in [6.45, 7) is 3.91. The van der Waals surface area contributed by atoms with Crippen LogP contribution in [0, 0.1) is 5.92 Å². The molecular formula is C16H31N3O. The number of carbonyl (C=O) groups is 1. The van der Waals surface area contributed by atoms with Crippen molar-refractivity contribution in [1.82, 2.24) is 16.0 Å². The van der Waals surface area contributed by atoms with E-state index in [1.165, 1.54) is 44.9 Å². The fourth-order valence-electron chi connectivity index (χ4n) is 3.35. The van der Waals surface area contributed by atoms with Crippen LogP contribution in [-0.2, 0) is 4.79 Å². The Balaban J connectivity index is 1.46. The van der Waals surface area contributed by atoms with Crippen molar-refractivity contribution in [3.63, 3.8) is 0 Å². The van der Waals surface area contributed by atoms with Crippen LogP contribution in [-0.4, -0.2) is 38.1 Å². The zero-order valence-electron chi connectivity index (χ0n) is 12.8. The molecule has 1 heterocycles. The largest absolute Gasteiger partial charge is 0.355 e. The second kappa shape index (κ2) is 9.35. The normalized spacial score (nSPS) is 24.5. The van der Waals surface area contributed by atoms with Crippen LogP contribution in [0.25, 0.3) is 0 Å². The predicted octanol–water partition coefficient (Wildman–Crippen LogP) is 1.80. The van der Waals surface area contributed by atoms with Crippen LogP contribution in [0.1, 0.15) is 57.8 Å². The summed E-state index contributed by atoms with van der Waals surface area (Å²) < 4.78 is 0. The highest BCUT2D eigenvalue weighted by Gasteiger charge is 2.15. The number of nitrogens with one attached hydrogen (secondary N) is 3. The highest BCUT2D eigenvalue weighted by molar-refractivity contribution is 5.75. The van der Waals surface area contributed by atoms with Crippen LogP contribution < -0.4 is 16.0 Å². The van der Waals surface area contributed by atoms with Gasteiger partial charge in [0.05, 0.1) is 0 Å². The van der Waals surface area contributed by atoms with Crippen molar-refractivity contribution in [2.45, 2.75) is 63.8 Å². The van der Waals surface area contributed by atoms with Gasteiger partial charge in [0.1, 0.15) is 0 Å². The average Bonchev–Trinajstić information content (AvgIpc) is 2.84. The molecule has 3 N–H and O–H groups in total. The summed E-state index contributed by atoms with van der Waals surface area (Å²) in [6, 6.07) is 0.680. The van der Waals surface area contributed by atoms with E-state index >= 15 is 0 Å². The molecule has 1 saturated heterocycles. The summed E-state index contributed by atoms with van der Waals surface area (Å²) in [7, 11) is 0. The molecule has 4 heteroatoms. The van der Waals surface area contributed by atoms with Crippen molar-refractivity contribution in [2.24, 2.45) is 5.92 Å². The third-order valence-corrected chi connectivity index (χ3v) is 4.68. The summed E-state index contributed by atoms with van der Waals surface area (Å²) >= 11 is 0. The molecule has 0 spiro atoms. The molecule has 0 aromatic heterocycles. The molecule has 116 valence electrons. The van der Waals surface area contributed by atoms with Gasteiger partial charge in [0.2, 0.25) is 5.91 Å². The molecule has 20 heavy (non-hydrogen) atoms. The van der Waals surface area contributed by atoms with E-state index < -0.39 is 0 Å². The van der Waals surface area contributed by atoms with Gasteiger partial charge in [0.25, 0.3) is 0 Å². The minimum Gasteiger partial charge on any atom is -0.355 e. The smallest absolute Gasteiger partial charge is 0.220 e. The van der Waals surface area contributed by atoms with Gasteiger partial charge < -0.3 is 16.0 Å². The fraction of sp³-hybridized carbons (Fsp3) is 0.938. The van der Waals surface area contributed by atoms with E-state index in [4.69, 9.17) is 0 Å². The third kappa shape index (κ3) is 6.23. The Morgan fingerprint density at radius 3 is 2.55 bits per heavy atom. The van der Waals surface area contributed by atoms with Crippen molar-refractivity contribution in [3.05, 3.63) is 0 Å². The van der Waals surface area contributed by atoms with Gasteiger partial charge in [-0.1, -0.05) is 25.7 Å². The molecule has 2 aliphatic rings. The van der Waals surface area contributed by atoms with Gasteiger partial charge >= 0.3 is 0 Å². The van der Waals surface area contributed by atoms with Gasteiger partial charge in [-0.25, -0.2) is 0 Å². The molecular weight excluding hydrogens is 250 g/mol. The summed E-state index contributed by atoms with van der Waals surface area (Å²) in [4.78, 5) is 11.7. The molecule has 0 aromatic rings. The monoisotopic (exact) mass is 281 g/mol. The number of amides is 1. The van der Waals surface area contributed by atoms with E-state index in [9.17, 15) is 4.79 Å². The highest BCUT2D eigenvalue weighted by atomic mass is 16.1. The van der Waals surface area contributed by atoms with Crippen LogP contribution in [0.15, 0.2) is 0 Å². The van der Waals surface area contributed by atoms with Gasteiger partial charge in [-0.15, -0.1) is 0 Å². The second-order valence-corrected chi connectivity index (χ2v) is 6.39. The number of hydrogen-bond acceptors (Lipinski definition) is 3. The van der Waals surface area contributed by atoms with Crippen molar-refractivity contribution in [1.29, 1.82) is 0 Å². The number of carbonyl (C=O) groups excluding carboxylic acids is 1. The molecule has 1 unspecified atom stereocenters. The third-order valence-electron chi connectivity index (χ3n) is 4.68. The maximum Gasteiger partial charge on any atom is 0.220 e. The molecule has 1 atom stereocenters. The van der Waals surface area contributed by atoms with Gasteiger partial charge in [-0.3, -0.25) is 4.79 Å². The maximum absolute atomic E-state index is 11.7. The van der Waals surface area contributed by atoms with Gasteiger partial charge in [-0.05, 0) is 44.7 Å². The molecule has 2 rings (SSSR count). The van der Waals surface area contributed by atoms with Crippen molar-refractivity contribution in [2.75, 3.05) is 26.2 Å². The molecule has 0 bridgehead atoms. The Hall–Kier alpha value is -0.610. The lowest BCUT2D eigenvalue weighted by atomic mass is 10.0. The van der Waals surface area contributed by atoms with Gasteiger partial charge in [-0.2, -0.15) is 0 Å².